The molecule has 1 N–H and O–H groups in total. The molecule has 0 saturated heterocycles. The molecule has 1 aliphatic carbocycles. The van der Waals surface area contributed by atoms with Crippen LogP contribution in [0.3, 0.4) is 0 Å². The summed E-state index contributed by atoms with van der Waals surface area (Å²) in [5.74, 6) is -0.489. The van der Waals surface area contributed by atoms with Gasteiger partial charge in [-0.15, -0.1) is 0 Å². The molecule has 1 fully saturated rings. The van der Waals surface area contributed by atoms with Gasteiger partial charge in [-0.25, -0.2) is 8.42 Å². The molecule has 0 heterocycles. The summed E-state index contributed by atoms with van der Waals surface area (Å²) >= 11 is 12.8. The van der Waals surface area contributed by atoms with E-state index in [-0.39, 0.29) is 43.8 Å². The number of nitrogens with zero attached hydrogens (tertiary/aromatic N) is 2. The molecule has 0 spiro atoms. The van der Waals surface area contributed by atoms with Crippen molar-refractivity contribution in [3.8, 4) is 0 Å². The molecule has 1 atom stereocenters. The Bertz CT molecular complexity index is 1210. The summed E-state index contributed by atoms with van der Waals surface area (Å²) in [5, 5.41) is 3.93. The molecule has 1 saturated carbocycles. The minimum atomic E-state index is -3.56. The van der Waals surface area contributed by atoms with Crippen molar-refractivity contribution in [3.63, 3.8) is 0 Å². The number of carbonyl (C=O) groups excluding carboxylic acids is 2. The number of hydrogen-bond donors (Lipinski definition) is 1. The van der Waals surface area contributed by atoms with Crippen LogP contribution in [0.4, 0.5) is 5.69 Å². The van der Waals surface area contributed by atoms with Crippen molar-refractivity contribution in [2.24, 2.45) is 0 Å². The zero-order valence-corrected chi connectivity index (χ0v) is 24.6. The summed E-state index contributed by atoms with van der Waals surface area (Å²) < 4.78 is 26.4. The van der Waals surface area contributed by atoms with Gasteiger partial charge in [0.25, 0.3) is 0 Å². The number of nitrogens with one attached hydrogen (secondary N) is 1. The first-order valence-corrected chi connectivity index (χ1v) is 15.7. The van der Waals surface area contributed by atoms with E-state index in [0.29, 0.717) is 21.3 Å². The lowest BCUT2D eigenvalue weighted by Crippen LogP contribution is -2.50. The molecule has 0 aromatic heterocycles. The first-order chi connectivity index (χ1) is 18.0. The number of anilines is 1. The summed E-state index contributed by atoms with van der Waals surface area (Å²) in [6.07, 6.45) is 6.69. The molecule has 0 radical (unpaired) electrons. The molecule has 2 amide bonds. The van der Waals surface area contributed by atoms with E-state index >= 15 is 0 Å². The van der Waals surface area contributed by atoms with E-state index in [1.54, 1.807) is 37.3 Å². The maximum atomic E-state index is 13.5. The molecule has 0 aliphatic heterocycles. The van der Waals surface area contributed by atoms with Crippen LogP contribution in [-0.4, -0.2) is 50.0 Å². The fourth-order valence-corrected chi connectivity index (χ4v) is 6.37. The number of halogens is 2. The number of aryl methyl sites for hydroxylation is 1. The molecule has 2 aromatic carbocycles. The van der Waals surface area contributed by atoms with E-state index in [2.05, 4.69) is 5.32 Å². The molecule has 10 heteroatoms. The highest BCUT2D eigenvalue weighted by Crippen LogP contribution is 2.28. The van der Waals surface area contributed by atoms with Crippen LogP contribution in [0, 0.1) is 6.92 Å². The minimum absolute atomic E-state index is 0.0566. The van der Waals surface area contributed by atoms with Gasteiger partial charge in [0.2, 0.25) is 21.8 Å². The zero-order chi connectivity index (χ0) is 27.9. The van der Waals surface area contributed by atoms with E-state index in [4.69, 9.17) is 23.2 Å². The van der Waals surface area contributed by atoms with Gasteiger partial charge in [0.05, 0.1) is 11.9 Å². The number of carbonyl (C=O) groups is 2. The Balaban J connectivity index is 1.76. The third kappa shape index (κ3) is 8.10. The Labute approximate surface area is 236 Å². The average molecular weight is 583 g/mol. The summed E-state index contributed by atoms with van der Waals surface area (Å²) in [6, 6.07) is 11.7. The molecular weight excluding hydrogens is 545 g/mol. The minimum Gasteiger partial charge on any atom is -0.352 e. The number of sulfonamides is 1. The Kier molecular flexibility index (Phi) is 10.9. The van der Waals surface area contributed by atoms with Crippen LogP contribution in [0.1, 0.15) is 63.0 Å². The summed E-state index contributed by atoms with van der Waals surface area (Å²) in [7, 11) is -3.56. The van der Waals surface area contributed by atoms with Crippen molar-refractivity contribution in [1.82, 2.24) is 10.2 Å². The second-order valence-corrected chi connectivity index (χ2v) is 12.7. The second-order valence-electron chi connectivity index (χ2n) is 9.97. The fourth-order valence-electron chi connectivity index (χ4n) is 4.83. The van der Waals surface area contributed by atoms with Crippen molar-refractivity contribution in [1.29, 1.82) is 0 Å². The monoisotopic (exact) mass is 581 g/mol. The van der Waals surface area contributed by atoms with Crippen LogP contribution >= 0.6 is 23.2 Å². The molecule has 38 heavy (non-hydrogen) atoms. The standard InChI is InChI=1S/C28H37Cl2N3O4S/c1-20-11-7-8-16-26(20)33(38(3,36)37)18-10-17-27(34)32(19-23-24(29)14-9-15-25(23)30)21(2)28(35)31-22-12-5-4-6-13-22/h7-9,11,14-16,21-22H,4-6,10,12-13,17-19H2,1-3H3,(H,31,35)/t21-/m0/s1. The van der Waals surface area contributed by atoms with Gasteiger partial charge in [-0.3, -0.25) is 13.9 Å². The molecular formula is C28H37Cl2N3O4S. The molecule has 7 nitrogen and oxygen atoms in total. The second kappa shape index (κ2) is 13.7. The molecule has 0 unspecified atom stereocenters. The van der Waals surface area contributed by atoms with Gasteiger partial charge < -0.3 is 10.2 Å². The van der Waals surface area contributed by atoms with Gasteiger partial charge in [-0.2, -0.15) is 0 Å². The summed E-state index contributed by atoms with van der Waals surface area (Å²) in [4.78, 5) is 28.2. The van der Waals surface area contributed by atoms with E-state index < -0.39 is 16.1 Å². The molecule has 208 valence electrons. The summed E-state index contributed by atoms with van der Waals surface area (Å²) in [5.41, 5.74) is 1.98. The lowest BCUT2D eigenvalue weighted by atomic mass is 9.95. The Morgan fingerprint density at radius 2 is 1.66 bits per heavy atom. The predicted octanol–water partition coefficient (Wildman–Crippen LogP) is 5.71. The topological polar surface area (TPSA) is 86.8 Å². The van der Waals surface area contributed by atoms with Gasteiger partial charge in [-0.05, 0) is 56.9 Å². The first kappa shape index (κ1) is 30.3. The smallest absolute Gasteiger partial charge is 0.242 e. The van der Waals surface area contributed by atoms with Gasteiger partial charge in [0.1, 0.15) is 6.04 Å². The number of amides is 2. The normalized spacial score (nSPS) is 15.1. The number of rotatable bonds is 11. The van der Waals surface area contributed by atoms with Crippen molar-refractivity contribution in [2.45, 2.75) is 77.4 Å². The van der Waals surface area contributed by atoms with E-state index in [1.165, 1.54) is 15.6 Å². The van der Waals surface area contributed by atoms with E-state index in [9.17, 15) is 18.0 Å². The van der Waals surface area contributed by atoms with Crippen LogP contribution in [0.15, 0.2) is 42.5 Å². The van der Waals surface area contributed by atoms with Gasteiger partial charge in [0, 0.05) is 41.2 Å². The Hall–Kier alpha value is -2.29. The Morgan fingerprint density at radius 3 is 2.26 bits per heavy atom. The third-order valence-electron chi connectivity index (χ3n) is 7.05. The maximum absolute atomic E-state index is 13.5. The van der Waals surface area contributed by atoms with E-state index in [0.717, 1.165) is 37.5 Å². The maximum Gasteiger partial charge on any atom is 0.242 e. The van der Waals surface area contributed by atoms with Crippen LogP contribution in [0.5, 0.6) is 0 Å². The van der Waals surface area contributed by atoms with Crippen LogP contribution in [0.25, 0.3) is 0 Å². The SMILES string of the molecule is Cc1ccccc1N(CCCC(=O)N(Cc1c(Cl)cccc1Cl)[C@@H](C)C(=O)NC1CCCCC1)S(C)(=O)=O. The quantitative estimate of drug-likeness (QED) is 0.368. The number of hydrogen-bond acceptors (Lipinski definition) is 4. The average Bonchev–Trinajstić information content (AvgIpc) is 2.86. The highest BCUT2D eigenvalue weighted by Gasteiger charge is 2.29. The van der Waals surface area contributed by atoms with Crippen molar-refractivity contribution in [2.75, 3.05) is 17.1 Å². The lowest BCUT2D eigenvalue weighted by Gasteiger charge is -2.32. The largest absolute Gasteiger partial charge is 0.352 e. The van der Waals surface area contributed by atoms with Crippen molar-refractivity contribution in [3.05, 3.63) is 63.6 Å². The highest BCUT2D eigenvalue weighted by molar-refractivity contribution is 7.92. The molecule has 0 bridgehead atoms. The molecule has 1 aliphatic rings. The van der Waals surface area contributed by atoms with Gasteiger partial charge in [-0.1, -0.05) is 66.7 Å². The Morgan fingerprint density at radius 1 is 1.03 bits per heavy atom. The first-order valence-electron chi connectivity index (χ1n) is 13.0. The van der Waals surface area contributed by atoms with Crippen LogP contribution < -0.4 is 9.62 Å². The van der Waals surface area contributed by atoms with Crippen LogP contribution in [0.2, 0.25) is 10.0 Å². The molecule has 3 rings (SSSR count). The zero-order valence-electron chi connectivity index (χ0n) is 22.3. The van der Waals surface area contributed by atoms with E-state index in [1.807, 2.05) is 19.1 Å². The number of para-hydroxylation sites is 1. The van der Waals surface area contributed by atoms with Crippen molar-refractivity contribution < 1.29 is 18.0 Å². The predicted molar refractivity (Wildman–Crippen MR) is 154 cm³/mol. The van der Waals surface area contributed by atoms with Crippen LogP contribution in [-0.2, 0) is 26.2 Å². The third-order valence-corrected chi connectivity index (χ3v) is 8.93. The van der Waals surface area contributed by atoms with Crippen molar-refractivity contribution >= 4 is 50.7 Å². The summed E-state index contributed by atoms with van der Waals surface area (Å²) in [6.45, 7) is 3.76. The van der Waals surface area contributed by atoms with Gasteiger partial charge in [0.15, 0.2) is 0 Å². The number of benzene rings is 2. The fraction of sp³-hybridized carbons (Fsp3) is 0.500. The lowest BCUT2D eigenvalue weighted by molar-refractivity contribution is -0.141. The molecule has 2 aromatic rings. The highest BCUT2D eigenvalue weighted by atomic mass is 35.5. The van der Waals surface area contributed by atoms with Gasteiger partial charge >= 0.3 is 0 Å².